The number of hydrogen-bond donors (Lipinski definition) is 1. The molecule has 3 nitrogen and oxygen atoms in total. The highest BCUT2D eigenvalue weighted by molar-refractivity contribution is 5.40. The number of hydrogen-bond acceptors (Lipinski definition) is 3. The van der Waals surface area contributed by atoms with Crippen LogP contribution in [0.2, 0.25) is 0 Å². The third kappa shape index (κ3) is 2.41. The minimum Gasteiger partial charge on any atom is -0.468 e. The number of anilines is 1. The fourth-order valence-corrected chi connectivity index (χ4v) is 2.64. The molecule has 1 unspecified atom stereocenters. The molecule has 1 aliphatic rings. The first-order valence-electron chi connectivity index (χ1n) is 6.41. The molecule has 1 aliphatic heterocycles. The maximum atomic E-state index is 5.72. The molecule has 1 aromatic carbocycles. The number of nitrogen functional groups attached to an aromatic ring is 1. The second-order valence-electron chi connectivity index (χ2n) is 4.97. The van der Waals surface area contributed by atoms with Crippen LogP contribution in [-0.4, -0.2) is 18.0 Å². The predicted octanol–water partition coefficient (Wildman–Crippen LogP) is 2.85. The summed E-state index contributed by atoms with van der Waals surface area (Å²) in [6, 6.07) is 12.3. The van der Waals surface area contributed by atoms with E-state index in [1.165, 1.54) is 12.0 Å². The van der Waals surface area contributed by atoms with Crippen molar-refractivity contribution in [2.75, 3.05) is 18.8 Å². The first-order chi connectivity index (χ1) is 8.81. The van der Waals surface area contributed by atoms with Crippen LogP contribution in [0, 0.1) is 0 Å². The van der Waals surface area contributed by atoms with Crippen LogP contribution >= 0.6 is 0 Å². The zero-order chi connectivity index (χ0) is 12.4. The average molecular weight is 242 g/mol. The molecule has 0 radical (unpaired) electrons. The minimum atomic E-state index is 0.626. The quantitative estimate of drug-likeness (QED) is 0.841. The number of nitrogens with two attached hydrogens (primary N) is 1. The Morgan fingerprint density at radius 1 is 1.22 bits per heavy atom. The Kier molecular flexibility index (Phi) is 3.07. The van der Waals surface area contributed by atoms with E-state index in [2.05, 4.69) is 17.0 Å². The SMILES string of the molecule is Nc1ccc(C2CCN(Cc3ccco3)C2)cc1. The first-order valence-corrected chi connectivity index (χ1v) is 6.41. The first kappa shape index (κ1) is 11.4. The fraction of sp³-hybridized carbons (Fsp3) is 0.333. The Hall–Kier alpha value is -1.74. The van der Waals surface area contributed by atoms with Crippen molar-refractivity contribution in [3.8, 4) is 0 Å². The molecule has 2 heterocycles. The highest BCUT2D eigenvalue weighted by Crippen LogP contribution is 2.28. The lowest BCUT2D eigenvalue weighted by molar-refractivity contribution is 0.294. The zero-order valence-corrected chi connectivity index (χ0v) is 10.4. The van der Waals surface area contributed by atoms with Crippen molar-refractivity contribution >= 4 is 5.69 Å². The lowest BCUT2D eigenvalue weighted by Crippen LogP contribution is -2.19. The number of likely N-dealkylation sites (tertiary alicyclic amines) is 1. The second-order valence-corrected chi connectivity index (χ2v) is 4.97. The molecule has 1 aromatic heterocycles. The Labute approximate surface area is 107 Å². The van der Waals surface area contributed by atoms with E-state index in [4.69, 9.17) is 10.2 Å². The van der Waals surface area contributed by atoms with Crippen LogP contribution < -0.4 is 5.73 Å². The summed E-state index contributed by atoms with van der Waals surface area (Å²) in [5.74, 6) is 1.67. The molecule has 2 N–H and O–H groups in total. The molecule has 3 rings (SSSR count). The smallest absolute Gasteiger partial charge is 0.117 e. The summed E-state index contributed by atoms with van der Waals surface area (Å²) < 4.78 is 5.39. The van der Waals surface area contributed by atoms with E-state index in [0.717, 1.165) is 31.1 Å². The van der Waals surface area contributed by atoms with E-state index in [9.17, 15) is 0 Å². The topological polar surface area (TPSA) is 42.4 Å². The summed E-state index contributed by atoms with van der Waals surface area (Å²) in [5.41, 5.74) is 7.95. The van der Waals surface area contributed by atoms with Gasteiger partial charge in [-0.3, -0.25) is 4.90 Å². The van der Waals surface area contributed by atoms with Gasteiger partial charge in [0.25, 0.3) is 0 Å². The number of rotatable bonds is 3. The van der Waals surface area contributed by atoms with E-state index < -0.39 is 0 Å². The standard InChI is InChI=1S/C15H18N2O/c16-14-5-3-12(4-6-14)13-7-8-17(10-13)11-15-2-1-9-18-15/h1-6,9,13H,7-8,10-11,16H2. The van der Waals surface area contributed by atoms with Crippen LogP contribution in [0.3, 0.4) is 0 Å². The molecule has 1 saturated heterocycles. The molecule has 18 heavy (non-hydrogen) atoms. The van der Waals surface area contributed by atoms with Crippen molar-refractivity contribution in [1.29, 1.82) is 0 Å². The molecule has 1 fully saturated rings. The molecule has 0 bridgehead atoms. The van der Waals surface area contributed by atoms with Crippen molar-refractivity contribution in [3.63, 3.8) is 0 Å². The largest absolute Gasteiger partial charge is 0.468 e. The lowest BCUT2D eigenvalue weighted by Gasteiger charge is -2.14. The van der Waals surface area contributed by atoms with E-state index in [1.807, 2.05) is 24.3 Å². The lowest BCUT2D eigenvalue weighted by atomic mass is 9.98. The summed E-state index contributed by atoms with van der Waals surface area (Å²) in [6.07, 6.45) is 2.95. The van der Waals surface area contributed by atoms with Crippen LogP contribution in [0.5, 0.6) is 0 Å². The van der Waals surface area contributed by atoms with E-state index in [-0.39, 0.29) is 0 Å². The van der Waals surface area contributed by atoms with Gasteiger partial charge in [-0.15, -0.1) is 0 Å². The second kappa shape index (κ2) is 4.86. The van der Waals surface area contributed by atoms with Gasteiger partial charge in [-0.25, -0.2) is 0 Å². The van der Waals surface area contributed by atoms with Gasteiger partial charge in [0.1, 0.15) is 5.76 Å². The molecule has 0 aliphatic carbocycles. The maximum Gasteiger partial charge on any atom is 0.117 e. The highest BCUT2D eigenvalue weighted by atomic mass is 16.3. The molecule has 3 heteroatoms. The van der Waals surface area contributed by atoms with Gasteiger partial charge in [0, 0.05) is 12.2 Å². The minimum absolute atomic E-state index is 0.626. The van der Waals surface area contributed by atoms with Crippen molar-refractivity contribution in [2.24, 2.45) is 0 Å². The number of nitrogens with zero attached hydrogens (tertiary/aromatic N) is 1. The van der Waals surface area contributed by atoms with E-state index >= 15 is 0 Å². The normalized spacial score (nSPS) is 20.3. The summed E-state index contributed by atoms with van der Waals surface area (Å²) >= 11 is 0. The van der Waals surface area contributed by atoms with Crippen LogP contribution in [0.4, 0.5) is 5.69 Å². The maximum absolute atomic E-state index is 5.72. The molecule has 2 aromatic rings. The molecule has 0 spiro atoms. The monoisotopic (exact) mass is 242 g/mol. The molecule has 0 amide bonds. The van der Waals surface area contributed by atoms with E-state index in [0.29, 0.717) is 5.92 Å². The molecule has 94 valence electrons. The summed E-state index contributed by atoms with van der Waals surface area (Å²) in [6.45, 7) is 3.15. The summed E-state index contributed by atoms with van der Waals surface area (Å²) in [4.78, 5) is 2.44. The van der Waals surface area contributed by atoms with Crippen LogP contribution in [-0.2, 0) is 6.54 Å². The van der Waals surface area contributed by atoms with Crippen molar-refractivity contribution < 1.29 is 4.42 Å². The van der Waals surface area contributed by atoms with Crippen LogP contribution in [0.25, 0.3) is 0 Å². The molecular formula is C15H18N2O. The van der Waals surface area contributed by atoms with Gasteiger partial charge < -0.3 is 10.2 Å². The van der Waals surface area contributed by atoms with Gasteiger partial charge in [-0.2, -0.15) is 0 Å². The fourth-order valence-electron chi connectivity index (χ4n) is 2.64. The van der Waals surface area contributed by atoms with Crippen LogP contribution in [0.15, 0.2) is 47.1 Å². The summed E-state index contributed by atoms with van der Waals surface area (Å²) in [7, 11) is 0. The Morgan fingerprint density at radius 2 is 2.06 bits per heavy atom. The molecule has 1 atom stereocenters. The number of benzene rings is 1. The number of furan rings is 1. The average Bonchev–Trinajstić information content (AvgIpc) is 3.02. The van der Waals surface area contributed by atoms with Gasteiger partial charge in [0.15, 0.2) is 0 Å². The van der Waals surface area contributed by atoms with Crippen molar-refractivity contribution in [3.05, 3.63) is 54.0 Å². The van der Waals surface area contributed by atoms with Gasteiger partial charge in [-0.1, -0.05) is 12.1 Å². The zero-order valence-electron chi connectivity index (χ0n) is 10.4. The van der Waals surface area contributed by atoms with Gasteiger partial charge in [-0.05, 0) is 48.7 Å². The summed E-state index contributed by atoms with van der Waals surface area (Å²) in [5, 5.41) is 0. The molecule has 0 saturated carbocycles. The molecular weight excluding hydrogens is 224 g/mol. The predicted molar refractivity (Wildman–Crippen MR) is 72.2 cm³/mol. The Morgan fingerprint density at radius 3 is 2.78 bits per heavy atom. The van der Waals surface area contributed by atoms with Gasteiger partial charge in [0.05, 0.1) is 12.8 Å². The van der Waals surface area contributed by atoms with Gasteiger partial charge >= 0.3 is 0 Å². The van der Waals surface area contributed by atoms with Crippen molar-refractivity contribution in [2.45, 2.75) is 18.9 Å². The Bertz CT molecular complexity index is 490. The van der Waals surface area contributed by atoms with Crippen molar-refractivity contribution in [1.82, 2.24) is 4.90 Å². The van der Waals surface area contributed by atoms with E-state index in [1.54, 1.807) is 6.26 Å². The third-order valence-corrected chi connectivity index (χ3v) is 3.64. The van der Waals surface area contributed by atoms with Gasteiger partial charge in [0.2, 0.25) is 0 Å². The Balaban J connectivity index is 1.63. The van der Waals surface area contributed by atoms with Crippen LogP contribution in [0.1, 0.15) is 23.7 Å². The third-order valence-electron chi connectivity index (χ3n) is 3.64. The highest BCUT2D eigenvalue weighted by Gasteiger charge is 2.24.